The highest BCUT2D eigenvalue weighted by molar-refractivity contribution is 6.31. The molecule has 0 saturated heterocycles. The third kappa shape index (κ3) is 2.72. The van der Waals surface area contributed by atoms with E-state index in [2.05, 4.69) is 45.8 Å². The highest BCUT2D eigenvalue weighted by Gasteiger charge is 2.17. The molecule has 0 bridgehead atoms. The van der Waals surface area contributed by atoms with Gasteiger partial charge in [-0.3, -0.25) is 4.57 Å². The molecule has 5 heteroatoms. The van der Waals surface area contributed by atoms with E-state index in [-0.39, 0.29) is 0 Å². The molecule has 0 radical (unpaired) electrons. The van der Waals surface area contributed by atoms with Gasteiger partial charge in [0.2, 0.25) is 0 Å². The number of hydrogen-bond donors (Lipinski definition) is 1. The number of fused-ring (bicyclic) bond motifs is 1. The van der Waals surface area contributed by atoms with Crippen molar-refractivity contribution in [3.63, 3.8) is 0 Å². The summed E-state index contributed by atoms with van der Waals surface area (Å²) in [7, 11) is 0. The van der Waals surface area contributed by atoms with E-state index in [1.807, 2.05) is 43.3 Å². The standard InChI is InChI=1S/C21H19ClN4/c1-13-9-10-16(11-18(13)22)25-20-19-14(2)15(3)26(21(19)24-12-23-20)17-7-5-4-6-8-17/h4-12H,1-3H3,(H,23,24,25). The Labute approximate surface area is 157 Å². The highest BCUT2D eigenvalue weighted by atomic mass is 35.5. The number of nitrogens with zero attached hydrogens (tertiary/aromatic N) is 3. The molecule has 0 spiro atoms. The van der Waals surface area contributed by atoms with E-state index in [9.17, 15) is 0 Å². The van der Waals surface area contributed by atoms with Crippen LogP contribution in [0.2, 0.25) is 5.02 Å². The third-order valence-corrected chi connectivity index (χ3v) is 5.15. The zero-order valence-corrected chi connectivity index (χ0v) is 15.7. The Morgan fingerprint density at radius 2 is 1.73 bits per heavy atom. The summed E-state index contributed by atoms with van der Waals surface area (Å²) in [6, 6.07) is 16.2. The van der Waals surface area contributed by atoms with E-state index in [0.29, 0.717) is 0 Å². The van der Waals surface area contributed by atoms with Crippen LogP contribution in [0.5, 0.6) is 0 Å². The van der Waals surface area contributed by atoms with Crippen molar-refractivity contribution in [1.29, 1.82) is 0 Å². The minimum atomic E-state index is 0.732. The van der Waals surface area contributed by atoms with Crippen LogP contribution in [0.15, 0.2) is 54.9 Å². The molecule has 2 aromatic heterocycles. The number of halogens is 1. The number of aromatic nitrogens is 3. The lowest BCUT2D eigenvalue weighted by Gasteiger charge is -2.09. The Morgan fingerprint density at radius 3 is 2.46 bits per heavy atom. The molecule has 0 aliphatic rings. The van der Waals surface area contributed by atoms with Gasteiger partial charge in [-0.05, 0) is 56.2 Å². The zero-order valence-electron chi connectivity index (χ0n) is 14.9. The van der Waals surface area contributed by atoms with Crippen molar-refractivity contribution < 1.29 is 0 Å². The minimum Gasteiger partial charge on any atom is -0.340 e. The fourth-order valence-electron chi connectivity index (χ4n) is 3.19. The van der Waals surface area contributed by atoms with Gasteiger partial charge in [-0.25, -0.2) is 9.97 Å². The van der Waals surface area contributed by atoms with Crippen molar-refractivity contribution in [3.8, 4) is 5.69 Å². The molecule has 0 saturated carbocycles. The molecule has 26 heavy (non-hydrogen) atoms. The lowest BCUT2D eigenvalue weighted by molar-refractivity contribution is 1.01. The van der Waals surface area contributed by atoms with Crippen molar-refractivity contribution in [3.05, 3.63) is 76.7 Å². The number of rotatable bonds is 3. The first kappa shape index (κ1) is 16.6. The Hall–Kier alpha value is -2.85. The summed E-state index contributed by atoms with van der Waals surface area (Å²) in [6.45, 7) is 6.20. The largest absolute Gasteiger partial charge is 0.340 e. The normalized spacial score (nSPS) is 11.1. The quantitative estimate of drug-likeness (QED) is 0.505. The second-order valence-electron chi connectivity index (χ2n) is 6.39. The van der Waals surface area contributed by atoms with Crippen LogP contribution in [0.4, 0.5) is 11.5 Å². The van der Waals surface area contributed by atoms with Gasteiger partial charge in [-0.1, -0.05) is 35.9 Å². The predicted molar refractivity (Wildman–Crippen MR) is 108 cm³/mol. The monoisotopic (exact) mass is 362 g/mol. The molecule has 0 atom stereocenters. The van der Waals surface area contributed by atoms with Crippen LogP contribution in [0.3, 0.4) is 0 Å². The second-order valence-corrected chi connectivity index (χ2v) is 6.80. The van der Waals surface area contributed by atoms with Crippen molar-refractivity contribution in [2.24, 2.45) is 0 Å². The number of para-hydroxylation sites is 1. The summed E-state index contributed by atoms with van der Waals surface area (Å²) >= 11 is 6.26. The van der Waals surface area contributed by atoms with Crippen LogP contribution in [0.25, 0.3) is 16.7 Å². The number of anilines is 2. The SMILES string of the molecule is Cc1ccc(Nc2ncnc3c2c(C)c(C)n3-c2ccccc2)cc1Cl. The zero-order chi connectivity index (χ0) is 18.3. The summed E-state index contributed by atoms with van der Waals surface area (Å²) in [5, 5.41) is 5.15. The van der Waals surface area contributed by atoms with Crippen molar-refractivity contribution in [2.45, 2.75) is 20.8 Å². The molecule has 0 aliphatic carbocycles. The first-order valence-electron chi connectivity index (χ1n) is 8.47. The van der Waals surface area contributed by atoms with Crippen LogP contribution < -0.4 is 5.32 Å². The van der Waals surface area contributed by atoms with E-state index in [1.54, 1.807) is 6.33 Å². The van der Waals surface area contributed by atoms with Gasteiger partial charge >= 0.3 is 0 Å². The first-order chi connectivity index (χ1) is 12.6. The van der Waals surface area contributed by atoms with E-state index in [1.165, 1.54) is 0 Å². The van der Waals surface area contributed by atoms with Crippen LogP contribution in [0.1, 0.15) is 16.8 Å². The van der Waals surface area contributed by atoms with E-state index < -0.39 is 0 Å². The van der Waals surface area contributed by atoms with Crippen LogP contribution in [0, 0.1) is 20.8 Å². The van der Waals surface area contributed by atoms with Gasteiger partial charge in [-0.15, -0.1) is 0 Å². The Morgan fingerprint density at radius 1 is 0.962 bits per heavy atom. The van der Waals surface area contributed by atoms with Crippen molar-refractivity contribution >= 4 is 34.1 Å². The Balaban J connectivity index is 1.88. The van der Waals surface area contributed by atoms with Crippen LogP contribution in [-0.2, 0) is 0 Å². The third-order valence-electron chi connectivity index (χ3n) is 4.74. The van der Waals surface area contributed by atoms with E-state index >= 15 is 0 Å². The molecular weight excluding hydrogens is 344 g/mol. The van der Waals surface area contributed by atoms with Gasteiger partial charge in [0, 0.05) is 22.1 Å². The molecule has 0 fully saturated rings. The van der Waals surface area contributed by atoms with Gasteiger partial charge in [0.15, 0.2) is 5.65 Å². The molecule has 4 rings (SSSR count). The smallest absolute Gasteiger partial charge is 0.150 e. The second kappa shape index (κ2) is 6.46. The molecule has 0 amide bonds. The minimum absolute atomic E-state index is 0.732. The highest BCUT2D eigenvalue weighted by Crippen LogP contribution is 2.33. The average Bonchev–Trinajstić information content (AvgIpc) is 2.91. The number of aryl methyl sites for hydroxylation is 2. The Bertz CT molecular complexity index is 1100. The number of hydrogen-bond acceptors (Lipinski definition) is 3. The van der Waals surface area contributed by atoms with Gasteiger partial charge in [-0.2, -0.15) is 0 Å². The summed E-state index contributed by atoms with van der Waals surface area (Å²) < 4.78 is 2.17. The molecule has 4 nitrogen and oxygen atoms in total. The molecule has 4 aromatic rings. The first-order valence-corrected chi connectivity index (χ1v) is 8.85. The van der Waals surface area contributed by atoms with Crippen LogP contribution >= 0.6 is 11.6 Å². The molecule has 130 valence electrons. The lowest BCUT2D eigenvalue weighted by Crippen LogP contribution is -1.99. The maximum atomic E-state index is 6.26. The Kier molecular flexibility index (Phi) is 4.13. The number of benzene rings is 2. The maximum Gasteiger partial charge on any atom is 0.150 e. The van der Waals surface area contributed by atoms with Crippen molar-refractivity contribution in [1.82, 2.24) is 14.5 Å². The predicted octanol–water partition coefficient (Wildman–Crippen LogP) is 5.74. The van der Waals surface area contributed by atoms with Gasteiger partial charge in [0.1, 0.15) is 12.1 Å². The summed E-state index contributed by atoms with van der Waals surface area (Å²) in [5.41, 5.74) is 6.24. The van der Waals surface area contributed by atoms with Gasteiger partial charge in [0.05, 0.1) is 5.39 Å². The molecule has 0 unspecified atom stereocenters. The van der Waals surface area contributed by atoms with E-state index in [0.717, 1.165) is 50.1 Å². The molecule has 2 heterocycles. The average molecular weight is 363 g/mol. The molecule has 1 N–H and O–H groups in total. The summed E-state index contributed by atoms with van der Waals surface area (Å²) in [6.07, 6.45) is 1.60. The van der Waals surface area contributed by atoms with Gasteiger partial charge < -0.3 is 5.32 Å². The maximum absolute atomic E-state index is 6.26. The van der Waals surface area contributed by atoms with Crippen LogP contribution in [-0.4, -0.2) is 14.5 Å². The fourth-order valence-corrected chi connectivity index (χ4v) is 3.37. The fraction of sp³-hybridized carbons (Fsp3) is 0.143. The topological polar surface area (TPSA) is 42.7 Å². The summed E-state index contributed by atoms with van der Waals surface area (Å²) in [4.78, 5) is 9.04. The van der Waals surface area contributed by atoms with Gasteiger partial charge in [0.25, 0.3) is 0 Å². The number of nitrogens with one attached hydrogen (secondary N) is 1. The summed E-state index contributed by atoms with van der Waals surface area (Å²) in [5.74, 6) is 0.783. The lowest BCUT2D eigenvalue weighted by atomic mass is 10.2. The molecule has 2 aromatic carbocycles. The molecular formula is C21H19ClN4. The van der Waals surface area contributed by atoms with E-state index in [4.69, 9.17) is 11.6 Å². The molecule has 0 aliphatic heterocycles. The van der Waals surface area contributed by atoms with Crippen molar-refractivity contribution in [2.75, 3.05) is 5.32 Å².